The molecule has 1 atom stereocenters. The van der Waals surface area contributed by atoms with Crippen molar-refractivity contribution < 1.29 is 0 Å². The molecule has 0 saturated carbocycles. The molecule has 3 aliphatic carbocycles. The molecule has 3 heteroatoms. The van der Waals surface area contributed by atoms with Crippen molar-refractivity contribution in [3.05, 3.63) is 257 Å². The molecule has 1 aromatic heterocycles. The molecule has 0 fully saturated rings. The molecule has 1 heterocycles. The Hall–Kier alpha value is -8.01. The number of allylic oxidation sites excluding steroid dienone is 10. The average molecular weight is 818 g/mol. The molecule has 1 spiro atoms. The van der Waals surface area contributed by atoms with E-state index in [1.54, 1.807) is 0 Å². The van der Waals surface area contributed by atoms with E-state index in [0.29, 0.717) is 17.5 Å². The normalized spacial score (nSPS) is 17.6. The predicted octanol–water partition coefficient (Wildman–Crippen LogP) is 15.1. The van der Waals surface area contributed by atoms with Crippen LogP contribution in [0, 0.1) is 5.92 Å². The van der Waals surface area contributed by atoms with Gasteiger partial charge in [0.1, 0.15) is 0 Å². The third-order valence-electron chi connectivity index (χ3n) is 13.4. The number of aromatic nitrogens is 3. The van der Waals surface area contributed by atoms with Crippen molar-refractivity contribution in [3.63, 3.8) is 0 Å². The zero-order chi connectivity index (χ0) is 42.8. The van der Waals surface area contributed by atoms with E-state index in [4.69, 9.17) is 15.0 Å². The summed E-state index contributed by atoms with van der Waals surface area (Å²) in [4.78, 5) is 15.6. The van der Waals surface area contributed by atoms with Crippen LogP contribution in [0.2, 0.25) is 0 Å². The molecule has 0 amide bonds. The summed E-state index contributed by atoms with van der Waals surface area (Å²) >= 11 is 0. The lowest BCUT2D eigenvalue weighted by atomic mass is 9.67. The summed E-state index contributed by atoms with van der Waals surface area (Å²) in [6.07, 6.45) is 13.8. The predicted molar refractivity (Wildman–Crippen MR) is 265 cm³/mol. The topological polar surface area (TPSA) is 38.7 Å². The number of rotatable bonds is 5. The zero-order valence-electron chi connectivity index (χ0n) is 35.7. The zero-order valence-corrected chi connectivity index (χ0v) is 35.7. The molecule has 302 valence electrons. The van der Waals surface area contributed by atoms with Crippen LogP contribution in [0.5, 0.6) is 0 Å². The first-order valence-corrected chi connectivity index (χ1v) is 22.2. The van der Waals surface area contributed by atoms with Gasteiger partial charge in [-0.15, -0.1) is 0 Å². The van der Waals surface area contributed by atoms with E-state index >= 15 is 0 Å². The van der Waals surface area contributed by atoms with Crippen molar-refractivity contribution in [1.82, 2.24) is 15.0 Å². The Balaban J connectivity index is 1.05. The Labute approximate surface area is 373 Å². The van der Waals surface area contributed by atoms with Crippen molar-refractivity contribution in [1.29, 1.82) is 0 Å². The molecule has 0 N–H and O–H groups in total. The lowest BCUT2D eigenvalue weighted by Crippen LogP contribution is -2.28. The molecule has 1 unspecified atom stereocenters. The van der Waals surface area contributed by atoms with E-state index in [9.17, 15) is 0 Å². The van der Waals surface area contributed by atoms with Crippen LogP contribution >= 0.6 is 0 Å². The molecule has 0 radical (unpaired) electrons. The summed E-state index contributed by atoms with van der Waals surface area (Å²) in [6.45, 7) is 4.44. The van der Waals surface area contributed by atoms with Crippen LogP contribution in [-0.4, -0.2) is 15.0 Å². The largest absolute Gasteiger partial charge is 0.208 e. The van der Waals surface area contributed by atoms with Gasteiger partial charge in [-0.3, -0.25) is 0 Å². The van der Waals surface area contributed by atoms with Crippen LogP contribution in [0.1, 0.15) is 41.7 Å². The summed E-state index contributed by atoms with van der Waals surface area (Å²) < 4.78 is 0. The summed E-state index contributed by atoms with van der Waals surface area (Å²) in [6, 6.07) is 65.6. The van der Waals surface area contributed by atoms with Gasteiger partial charge >= 0.3 is 0 Å². The molecule has 3 aliphatic rings. The Bertz CT molecular complexity index is 3400. The minimum Gasteiger partial charge on any atom is -0.208 e. The van der Waals surface area contributed by atoms with Gasteiger partial charge in [-0.25, -0.2) is 15.0 Å². The van der Waals surface area contributed by atoms with Gasteiger partial charge in [0.25, 0.3) is 0 Å². The van der Waals surface area contributed by atoms with Gasteiger partial charge < -0.3 is 0 Å². The first-order valence-electron chi connectivity index (χ1n) is 22.2. The third kappa shape index (κ3) is 5.92. The molecule has 0 bridgehead atoms. The van der Waals surface area contributed by atoms with Gasteiger partial charge in [0, 0.05) is 16.7 Å². The monoisotopic (exact) mass is 817 g/mol. The number of nitrogens with zero attached hydrogens (tertiary/aromatic N) is 3. The van der Waals surface area contributed by atoms with E-state index in [-0.39, 0.29) is 5.92 Å². The minimum absolute atomic E-state index is 0.166. The number of hydrogen-bond donors (Lipinski definition) is 0. The molecule has 0 aliphatic heterocycles. The molecule has 64 heavy (non-hydrogen) atoms. The van der Waals surface area contributed by atoms with E-state index in [1.165, 1.54) is 60.9 Å². The van der Waals surface area contributed by atoms with Crippen LogP contribution in [0.3, 0.4) is 0 Å². The van der Waals surface area contributed by atoms with Crippen LogP contribution < -0.4 is 0 Å². The quantitative estimate of drug-likeness (QED) is 0.174. The number of benzene rings is 8. The highest BCUT2D eigenvalue weighted by molar-refractivity contribution is 6.02. The van der Waals surface area contributed by atoms with Crippen LogP contribution in [-0.2, 0) is 5.41 Å². The van der Waals surface area contributed by atoms with Gasteiger partial charge in [0.05, 0.1) is 5.41 Å². The first kappa shape index (κ1) is 37.7. The first-order chi connectivity index (χ1) is 31.6. The highest BCUT2D eigenvalue weighted by atomic mass is 15.0. The molecule has 12 rings (SSSR count). The maximum Gasteiger partial charge on any atom is 0.164 e. The van der Waals surface area contributed by atoms with E-state index < -0.39 is 5.41 Å². The fraction of sp³-hybridized carbons (Fsp3) is 0.0656. The lowest BCUT2D eigenvalue weighted by Gasteiger charge is -2.34. The lowest BCUT2D eigenvalue weighted by molar-refractivity contribution is 0.758. The van der Waals surface area contributed by atoms with E-state index in [0.717, 1.165) is 38.6 Å². The highest BCUT2D eigenvalue weighted by Gasteiger charge is 2.54. The fourth-order valence-corrected chi connectivity index (χ4v) is 10.5. The molecular formula is C61H43N3. The van der Waals surface area contributed by atoms with Crippen LogP contribution in [0.15, 0.2) is 230 Å². The van der Waals surface area contributed by atoms with Gasteiger partial charge in [0.2, 0.25) is 0 Å². The molecule has 3 nitrogen and oxygen atoms in total. The second-order valence-corrected chi connectivity index (χ2v) is 17.1. The number of fused-ring (bicyclic) bond motifs is 9. The van der Waals surface area contributed by atoms with E-state index in [2.05, 4.69) is 232 Å². The SMILES string of the molecule is C\C=C/C=C1\C(=C2/C=C(c3cccc(-c4nc(-c5ccc6ccccc6c5)nc(-c5ccc6ccccc6c5)n4)c3)C=CC2C)C2(c3ccccc31)c1ccccc1-c1ccccc12. The summed E-state index contributed by atoms with van der Waals surface area (Å²) in [5.74, 6) is 2.09. The van der Waals surface area contributed by atoms with Gasteiger partial charge in [-0.05, 0) is 114 Å². The van der Waals surface area contributed by atoms with Gasteiger partial charge in [-0.1, -0.05) is 207 Å². The standard InChI is InChI=1S/C61H43N3/c1-3-4-22-52-51-25-11-14-28-56(51)61(54-26-12-9-23-49(54)50-24-10-13-27-55(50)61)57(52)53-38-45(30-29-39(53)2)44-20-15-21-46(37-44)58-62-59(47-33-31-40-16-5-7-18-42(40)35-47)64-60(63-58)48-34-32-41-17-6-8-19-43(41)36-48/h3-39H,1-2H3/b4-3-,52-22-,57-53-. The third-order valence-corrected chi connectivity index (χ3v) is 13.4. The minimum atomic E-state index is -0.474. The summed E-state index contributed by atoms with van der Waals surface area (Å²) in [7, 11) is 0. The van der Waals surface area contributed by atoms with Crippen LogP contribution in [0.25, 0.3) is 78.0 Å². The summed E-state index contributed by atoms with van der Waals surface area (Å²) in [5.41, 5.74) is 16.5. The maximum absolute atomic E-state index is 5.21. The molecule has 9 aromatic rings. The highest BCUT2D eigenvalue weighted by Crippen LogP contribution is 2.65. The van der Waals surface area contributed by atoms with Gasteiger partial charge in [0.15, 0.2) is 17.5 Å². The van der Waals surface area contributed by atoms with Crippen LogP contribution in [0.4, 0.5) is 0 Å². The maximum atomic E-state index is 5.21. The Morgan fingerprint density at radius 3 is 1.53 bits per heavy atom. The Morgan fingerprint density at radius 1 is 0.469 bits per heavy atom. The fourth-order valence-electron chi connectivity index (χ4n) is 10.5. The molecular weight excluding hydrogens is 775 g/mol. The second-order valence-electron chi connectivity index (χ2n) is 17.1. The molecule has 0 saturated heterocycles. The Morgan fingerprint density at radius 2 is 0.953 bits per heavy atom. The summed E-state index contributed by atoms with van der Waals surface area (Å²) in [5, 5.41) is 4.65. The van der Waals surface area contributed by atoms with Crippen molar-refractivity contribution >= 4 is 32.7 Å². The Kier molecular flexibility index (Phi) is 8.91. The van der Waals surface area contributed by atoms with Crippen molar-refractivity contribution in [3.8, 4) is 45.3 Å². The van der Waals surface area contributed by atoms with Crippen molar-refractivity contribution in [2.45, 2.75) is 19.3 Å². The van der Waals surface area contributed by atoms with Crippen molar-refractivity contribution in [2.75, 3.05) is 0 Å². The second kappa shape index (κ2) is 15.1. The van der Waals surface area contributed by atoms with Crippen molar-refractivity contribution in [2.24, 2.45) is 5.92 Å². The smallest absolute Gasteiger partial charge is 0.164 e. The number of hydrogen-bond acceptors (Lipinski definition) is 3. The van der Waals surface area contributed by atoms with Gasteiger partial charge in [-0.2, -0.15) is 0 Å². The average Bonchev–Trinajstić information content (AvgIpc) is 3.82. The molecule has 8 aromatic carbocycles. The van der Waals surface area contributed by atoms with E-state index in [1.807, 2.05) is 0 Å².